The number of hydrogen-bond acceptors (Lipinski definition) is 3. The monoisotopic (exact) mass is 243 g/mol. The van der Waals surface area contributed by atoms with Crippen molar-refractivity contribution in [1.82, 2.24) is 9.88 Å². The molecule has 0 radical (unpaired) electrons. The molecular weight excluding hydrogens is 224 g/mol. The molecule has 1 aromatic heterocycles. The number of pyridine rings is 1. The minimum atomic E-state index is -0.665. The van der Waals surface area contributed by atoms with Gasteiger partial charge in [-0.25, -0.2) is 13.8 Å². The van der Waals surface area contributed by atoms with Crippen LogP contribution in [-0.4, -0.2) is 36.6 Å². The largest absolute Gasteiger partial charge is 0.363 e. The van der Waals surface area contributed by atoms with Crippen molar-refractivity contribution in [3.8, 4) is 0 Å². The van der Waals surface area contributed by atoms with Crippen molar-refractivity contribution in [2.75, 3.05) is 26.0 Å². The molecule has 0 saturated carbocycles. The number of hydrogen-bond donors (Lipinski definition) is 1. The van der Waals surface area contributed by atoms with Gasteiger partial charge < -0.3 is 10.2 Å². The zero-order valence-corrected chi connectivity index (χ0v) is 10.7. The van der Waals surface area contributed by atoms with Gasteiger partial charge in [0.25, 0.3) is 0 Å². The fraction of sp³-hybridized carbons (Fsp3) is 0.583. The molecule has 3 nitrogen and oxygen atoms in total. The number of aromatic nitrogens is 1. The van der Waals surface area contributed by atoms with Crippen LogP contribution in [0.3, 0.4) is 0 Å². The molecule has 1 aromatic rings. The molecule has 1 N–H and O–H groups in total. The number of nitrogens with zero attached hydrogens (tertiary/aromatic N) is 2. The first kappa shape index (κ1) is 13.8. The summed E-state index contributed by atoms with van der Waals surface area (Å²) < 4.78 is 26.1. The molecule has 0 fully saturated rings. The quantitative estimate of drug-likeness (QED) is 0.860. The van der Waals surface area contributed by atoms with E-state index in [1.807, 2.05) is 32.8 Å². The molecule has 0 saturated heterocycles. The molecule has 1 rings (SSSR count). The minimum Gasteiger partial charge on any atom is -0.363 e. The van der Waals surface area contributed by atoms with E-state index in [-0.39, 0.29) is 11.9 Å². The maximum Gasteiger partial charge on any atom is 0.168 e. The van der Waals surface area contributed by atoms with Crippen LogP contribution in [-0.2, 0) is 0 Å². The Labute approximate surface area is 101 Å². The van der Waals surface area contributed by atoms with Crippen LogP contribution in [0.5, 0.6) is 0 Å². The topological polar surface area (TPSA) is 28.2 Å². The standard InChI is InChI=1S/C12H19F2N3/c1-8(2)11(7-17(3)4)16-12-10(14)5-9(13)6-15-12/h5-6,8,11H,7H2,1-4H3,(H,15,16). The first-order valence-corrected chi connectivity index (χ1v) is 5.62. The van der Waals surface area contributed by atoms with E-state index < -0.39 is 11.6 Å². The molecule has 17 heavy (non-hydrogen) atoms. The second-order valence-corrected chi connectivity index (χ2v) is 4.74. The highest BCUT2D eigenvalue weighted by Crippen LogP contribution is 2.15. The van der Waals surface area contributed by atoms with Crippen LogP contribution < -0.4 is 5.32 Å². The third kappa shape index (κ3) is 4.26. The van der Waals surface area contributed by atoms with Crippen LogP contribution in [0.1, 0.15) is 13.8 Å². The zero-order valence-electron chi connectivity index (χ0n) is 10.7. The van der Waals surface area contributed by atoms with Gasteiger partial charge in [-0.05, 0) is 20.0 Å². The SMILES string of the molecule is CC(C)C(CN(C)C)Nc1ncc(F)cc1F. The van der Waals surface area contributed by atoms with Crippen LogP contribution in [0.4, 0.5) is 14.6 Å². The summed E-state index contributed by atoms with van der Waals surface area (Å²) in [5, 5.41) is 3.01. The second-order valence-electron chi connectivity index (χ2n) is 4.74. The summed E-state index contributed by atoms with van der Waals surface area (Å²) in [5.41, 5.74) is 0. The number of rotatable bonds is 5. The van der Waals surface area contributed by atoms with Crippen molar-refractivity contribution < 1.29 is 8.78 Å². The Kier molecular flexibility index (Phi) is 4.81. The molecule has 0 aliphatic carbocycles. The van der Waals surface area contributed by atoms with E-state index in [0.29, 0.717) is 5.92 Å². The van der Waals surface area contributed by atoms with Crippen molar-refractivity contribution in [3.63, 3.8) is 0 Å². The fourth-order valence-electron chi connectivity index (χ4n) is 1.51. The zero-order chi connectivity index (χ0) is 13.0. The Bertz CT molecular complexity index is 367. The van der Waals surface area contributed by atoms with Crippen molar-refractivity contribution in [2.45, 2.75) is 19.9 Å². The average Bonchev–Trinajstić information content (AvgIpc) is 2.19. The number of anilines is 1. The Hall–Kier alpha value is -1.23. The summed E-state index contributed by atoms with van der Waals surface area (Å²) in [4.78, 5) is 5.74. The van der Waals surface area contributed by atoms with Crippen molar-refractivity contribution in [3.05, 3.63) is 23.9 Å². The van der Waals surface area contributed by atoms with E-state index in [1.54, 1.807) is 0 Å². The van der Waals surface area contributed by atoms with E-state index in [1.165, 1.54) is 0 Å². The van der Waals surface area contributed by atoms with Crippen LogP contribution in [0.15, 0.2) is 12.3 Å². The lowest BCUT2D eigenvalue weighted by Crippen LogP contribution is -2.37. The summed E-state index contributed by atoms with van der Waals surface area (Å²) in [7, 11) is 3.90. The predicted octanol–water partition coefficient (Wildman–Crippen LogP) is 2.36. The van der Waals surface area contributed by atoms with Gasteiger partial charge in [-0.3, -0.25) is 0 Å². The normalized spacial score (nSPS) is 13.2. The Morgan fingerprint density at radius 3 is 2.47 bits per heavy atom. The van der Waals surface area contributed by atoms with Crippen LogP contribution in [0, 0.1) is 17.6 Å². The average molecular weight is 243 g/mol. The Morgan fingerprint density at radius 1 is 1.35 bits per heavy atom. The molecule has 1 heterocycles. The lowest BCUT2D eigenvalue weighted by molar-refractivity contribution is 0.343. The minimum absolute atomic E-state index is 0.0671. The summed E-state index contributed by atoms with van der Waals surface area (Å²) in [6.45, 7) is 4.85. The highest BCUT2D eigenvalue weighted by Gasteiger charge is 2.16. The van der Waals surface area contributed by atoms with Gasteiger partial charge in [-0.2, -0.15) is 0 Å². The highest BCUT2D eigenvalue weighted by molar-refractivity contribution is 5.37. The second kappa shape index (κ2) is 5.91. The lowest BCUT2D eigenvalue weighted by atomic mass is 10.0. The molecular formula is C12H19F2N3. The molecule has 0 aliphatic rings. The number of likely N-dealkylation sites (N-methyl/N-ethyl adjacent to an activating group) is 1. The molecule has 0 aliphatic heterocycles. The van der Waals surface area contributed by atoms with Gasteiger partial charge in [0.2, 0.25) is 0 Å². The molecule has 5 heteroatoms. The van der Waals surface area contributed by atoms with Gasteiger partial charge in [0, 0.05) is 18.7 Å². The summed E-state index contributed by atoms with van der Waals surface area (Å²) >= 11 is 0. The van der Waals surface area contributed by atoms with Crippen molar-refractivity contribution in [1.29, 1.82) is 0 Å². The fourth-order valence-corrected chi connectivity index (χ4v) is 1.51. The molecule has 0 aromatic carbocycles. The third-order valence-electron chi connectivity index (χ3n) is 2.50. The molecule has 0 amide bonds. The van der Waals surface area contributed by atoms with Crippen LogP contribution in [0.25, 0.3) is 0 Å². The summed E-state index contributed by atoms with van der Waals surface area (Å²) in [5.74, 6) is -0.897. The van der Waals surface area contributed by atoms with Gasteiger partial charge in [-0.1, -0.05) is 13.8 Å². The van der Waals surface area contributed by atoms with E-state index in [2.05, 4.69) is 10.3 Å². The van der Waals surface area contributed by atoms with Gasteiger partial charge in [0.1, 0.15) is 5.82 Å². The lowest BCUT2D eigenvalue weighted by Gasteiger charge is -2.26. The maximum absolute atomic E-state index is 13.4. The molecule has 0 spiro atoms. The van der Waals surface area contributed by atoms with Crippen LogP contribution in [0.2, 0.25) is 0 Å². The number of nitrogens with one attached hydrogen (secondary N) is 1. The van der Waals surface area contributed by atoms with E-state index in [0.717, 1.165) is 18.8 Å². The molecule has 0 bridgehead atoms. The first-order valence-electron chi connectivity index (χ1n) is 5.62. The predicted molar refractivity (Wildman–Crippen MR) is 65.0 cm³/mol. The molecule has 1 unspecified atom stereocenters. The van der Waals surface area contributed by atoms with Crippen molar-refractivity contribution >= 4 is 5.82 Å². The first-order chi connectivity index (χ1) is 7.90. The van der Waals surface area contributed by atoms with Gasteiger partial charge in [0.05, 0.1) is 6.20 Å². The third-order valence-corrected chi connectivity index (χ3v) is 2.50. The maximum atomic E-state index is 13.4. The smallest absolute Gasteiger partial charge is 0.168 e. The highest BCUT2D eigenvalue weighted by atomic mass is 19.1. The van der Waals surface area contributed by atoms with Gasteiger partial charge >= 0.3 is 0 Å². The molecule has 96 valence electrons. The Balaban J connectivity index is 2.78. The molecule has 1 atom stereocenters. The Morgan fingerprint density at radius 2 is 2.00 bits per heavy atom. The van der Waals surface area contributed by atoms with E-state index in [4.69, 9.17) is 0 Å². The number of halogens is 2. The van der Waals surface area contributed by atoms with Gasteiger partial charge in [-0.15, -0.1) is 0 Å². The van der Waals surface area contributed by atoms with E-state index >= 15 is 0 Å². The van der Waals surface area contributed by atoms with Crippen molar-refractivity contribution in [2.24, 2.45) is 5.92 Å². The van der Waals surface area contributed by atoms with Gasteiger partial charge in [0.15, 0.2) is 11.6 Å². The summed E-state index contributed by atoms with van der Waals surface area (Å²) in [6, 6.07) is 0.903. The van der Waals surface area contributed by atoms with Crippen LogP contribution >= 0.6 is 0 Å². The summed E-state index contributed by atoms with van der Waals surface area (Å²) in [6.07, 6.45) is 1.01. The van der Waals surface area contributed by atoms with E-state index in [9.17, 15) is 8.78 Å².